The Hall–Kier alpha value is -1.43. The van der Waals surface area contributed by atoms with Crippen LogP contribution in [0.3, 0.4) is 0 Å². The fourth-order valence-electron chi connectivity index (χ4n) is 5.32. The summed E-state index contributed by atoms with van der Waals surface area (Å²) in [7, 11) is 0. The quantitative estimate of drug-likeness (QED) is 0.800. The second kappa shape index (κ2) is 10.1. The van der Waals surface area contributed by atoms with E-state index in [1.165, 1.54) is 49.9 Å². The van der Waals surface area contributed by atoms with Gasteiger partial charge in [0, 0.05) is 38.3 Å². The first kappa shape index (κ1) is 20.8. The van der Waals surface area contributed by atoms with Crippen LogP contribution in [0.5, 0.6) is 0 Å². The highest BCUT2D eigenvalue weighted by Crippen LogP contribution is 2.20. The van der Waals surface area contributed by atoms with E-state index in [2.05, 4.69) is 51.2 Å². The third-order valence-corrected chi connectivity index (χ3v) is 7.11. The van der Waals surface area contributed by atoms with Gasteiger partial charge >= 0.3 is 0 Å². The summed E-state index contributed by atoms with van der Waals surface area (Å²) in [6.07, 6.45) is 7.35. The largest absolute Gasteiger partial charge is 0.352 e. The Morgan fingerprint density at radius 1 is 0.966 bits per heavy atom. The van der Waals surface area contributed by atoms with Crippen LogP contribution >= 0.6 is 0 Å². The summed E-state index contributed by atoms with van der Waals surface area (Å²) in [6, 6.07) is 9.67. The van der Waals surface area contributed by atoms with E-state index in [9.17, 15) is 4.79 Å². The highest BCUT2D eigenvalue weighted by atomic mass is 16.2. The Kier molecular flexibility index (Phi) is 7.22. The number of piperidine rings is 2. The summed E-state index contributed by atoms with van der Waals surface area (Å²) in [6.45, 7) is 10.6. The first-order chi connectivity index (χ1) is 14.2. The predicted molar refractivity (Wildman–Crippen MR) is 118 cm³/mol. The number of likely N-dealkylation sites (tertiary alicyclic amines) is 3. The molecule has 1 unspecified atom stereocenters. The van der Waals surface area contributed by atoms with Crippen LogP contribution in [-0.2, 0) is 11.3 Å². The molecule has 1 atom stereocenters. The van der Waals surface area contributed by atoms with Crippen molar-refractivity contribution in [2.24, 2.45) is 0 Å². The molecule has 0 saturated carbocycles. The van der Waals surface area contributed by atoms with E-state index < -0.39 is 0 Å². The highest BCUT2D eigenvalue weighted by Gasteiger charge is 2.28. The molecule has 3 saturated heterocycles. The van der Waals surface area contributed by atoms with Gasteiger partial charge < -0.3 is 5.32 Å². The van der Waals surface area contributed by atoms with E-state index in [0.717, 1.165) is 45.6 Å². The lowest BCUT2D eigenvalue weighted by molar-refractivity contribution is -0.123. The number of hydrogen-bond acceptors (Lipinski definition) is 4. The van der Waals surface area contributed by atoms with Crippen LogP contribution in [0.15, 0.2) is 24.3 Å². The Bertz CT molecular complexity index is 665. The number of aryl methyl sites for hydroxylation is 1. The molecule has 4 rings (SSSR count). The number of nitrogens with zero attached hydrogens (tertiary/aromatic N) is 3. The van der Waals surface area contributed by atoms with Crippen LogP contribution < -0.4 is 5.32 Å². The van der Waals surface area contributed by atoms with Crippen molar-refractivity contribution in [3.63, 3.8) is 0 Å². The third-order valence-electron chi connectivity index (χ3n) is 7.11. The summed E-state index contributed by atoms with van der Waals surface area (Å²) in [4.78, 5) is 20.2. The van der Waals surface area contributed by atoms with Gasteiger partial charge in [-0.3, -0.25) is 19.5 Å². The maximum atomic E-state index is 12.6. The van der Waals surface area contributed by atoms with Crippen LogP contribution in [0.25, 0.3) is 0 Å². The maximum absolute atomic E-state index is 12.6. The molecule has 3 aliphatic rings. The van der Waals surface area contributed by atoms with E-state index in [0.29, 0.717) is 18.6 Å². The van der Waals surface area contributed by atoms with Gasteiger partial charge in [-0.25, -0.2) is 0 Å². The number of carbonyl (C=O) groups is 1. The number of amides is 1. The van der Waals surface area contributed by atoms with Crippen molar-refractivity contribution in [3.8, 4) is 0 Å². The fraction of sp³-hybridized carbons (Fsp3) is 0.708. The Balaban J connectivity index is 1.17. The van der Waals surface area contributed by atoms with Crippen molar-refractivity contribution in [1.82, 2.24) is 20.0 Å². The first-order valence-electron chi connectivity index (χ1n) is 11.7. The Morgan fingerprint density at radius 3 is 2.48 bits per heavy atom. The van der Waals surface area contributed by atoms with Crippen molar-refractivity contribution >= 4 is 5.91 Å². The zero-order valence-corrected chi connectivity index (χ0v) is 18.1. The Labute approximate surface area is 176 Å². The monoisotopic (exact) mass is 398 g/mol. The van der Waals surface area contributed by atoms with Gasteiger partial charge in [0.2, 0.25) is 5.91 Å². The number of carbonyl (C=O) groups excluding carboxylic acids is 1. The Morgan fingerprint density at radius 2 is 1.72 bits per heavy atom. The fourth-order valence-corrected chi connectivity index (χ4v) is 5.32. The molecule has 0 spiro atoms. The second-order valence-electron chi connectivity index (χ2n) is 9.32. The minimum Gasteiger partial charge on any atom is -0.352 e. The van der Waals surface area contributed by atoms with E-state index in [1.54, 1.807) is 0 Å². The number of rotatable bonds is 6. The smallest absolute Gasteiger partial charge is 0.234 e. The van der Waals surface area contributed by atoms with Crippen LogP contribution in [0.2, 0.25) is 0 Å². The molecule has 3 aliphatic heterocycles. The van der Waals surface area contributed by atoms with Gasteiger partial charge in [-0.15, -0.1) is 0 Å². The molecule has 0 radical (unpaired) electrons. The SMILES string of the molecule is Cc1ccccc1CN1CCC(NC(=O)CN2CCCC(N3CCCC3)C2)CC1. The molecule has 0 aromatic heterocycles. The molecule has 0 bridgehead atoms. The lowest BCUT2D eigenvalue weighted by atomic mass is 10.0. The first-order valence-corrected chi connectivity index (χ1v) is 11.7. The average molecular weight is 399 g/mol. The van der Waals surface area contributed by atoms with Crippen molar-refractivity contribution in [2.75, 3.05) is 45.8 Å². The van der Waals surface area contributed by atoms with Crippen molar-refractivity contribution in [1.29, 1.82) is 0 Å². The van der Waals surface area contributed by atoms with Crippen molar-refractivity contribution < 1.29 is 4.79 Å². The lowest BCUT2D eigenvalue weighted by Crippen LogP contribution is -2.51. The molecule has 1 aromatic carbocycles. The van der Waals surface area contributed by atoms with E-state index >= 15 is 0 Å². The minimum absolute atomic E-state index is 0.226. The topological polar surface area (TPSA) is 38.8 Å². The van der Waals surface area contributed by atoms with Crippen LogP contribution in [0.4, 0.5) is 0 Å². The molecule has 0 aliphatic carbocycles. The van der Waals surface area contributed by atoms with Gasteiger partial charge in [0.15, 0.2) is 0 Å². The van der Waals surface area contributed by atoms with Gasteiger partial charge in [-0.2, -0.15) is 0 Å². The van der Waals surface area contributed by atoms with Crippen LogP contribution in [0, 0.1) is 6.92 Å². The molecule has 5 nitrogen and oxygen atoms in total. The molecule has 1 aromatic rings. The van der Waals surface area contributed by atoms with E-state index in [1.807, 2.05) is 0 Å². The van der Waals surface area contributed by atoms with Crippen molar-refractivity contribution in [3.05, 3.63) is 35.4 Å². The van der Waals surface area contributed by atoms with Gasteiger partial charge in [0.25, 0.3) is 0 Å². The van der Waals surface area contributed by atoms with Crippen molar-refractivity contribution in [2.45, 2.75) is 64.1 Å². The third kappa shape index (κ3) is 5.80. The summed E-state index contributed by atoms with van der Waals surface area (Å²) in [5.74, 6) is 0.226. The zero-order chi connectivity index (χ0) is 20.1. The number of nitrogens with one attached hydrogen (secondary N) is 1. The van der Waals surface area contributed by atoms with Gasteiger partial charge in [0.05, 0.1) is 6.54 Å². The highest BCUT2D eigenvalue weighted by molar-refractivity contribution is 5.78. The molecule has 160 valence electrons. The number of hydrogen-bond donors (Lipinski definition) is 1. The molecule has 3 heterocycles. The normalized spacial score (nSPS) is 25.3. The molecular weight excluding hydrogens is 360 g/mol. The molecule has 1 amide bonds. The lowest BCUT2D eigenvalue weighted by Gasteiger charge is -2.37. The summed E-state index contributed by atoms with van der Waals surface area (Å²) in [5, 5.41) is 3.33. The van der Waals surface area contributed by atoms with E-state index in [4.69, 9.17) is 0 Å². The molecule has 3 fully saturated rings. The van der Waals surface area contributed by atoms with Gasteiger partial charge in [-0.1, -0.05) is 24.3 Å². The molecular formula is C24H38N4O. The maximum Gasteiger partial charge on any atom is 0.234 e. The number of benzene rings is 1. The summed E-state index contributed by atoms with van der Waals surface area (Å²) < 4.78 is 0. The second-order valence-corrected chi connectivity index (χ2v) is 9.32. The van der Waals surface area contributed by atoms with Crippen LogP contribution in [0.1, 0.15) is 49.7 Å². The predicted octanol–water partition coefficient (Wildman–Crippen LogP) is 2.64. The van der Waals surface area contributed by atoms with E-state index in [-0.39, 0.29) is 5.91 Å². The average Bonchev–Trinajstić information content (AvgIpc) is 3.26. The summed E-state index contributed by atoms with van der Waals surface area (Å²) >= 11 is 0. The van der Waals surface area contributed by atoms with Crippen LogP contribution in [-0.4, -0.2) is 78.5 Å². The van der Waals surface area contributed by atoms with Gasteiger partial charge in [-0.05, 0) is 76.2 Å². The molecule has 29 heavy (non-hydrogen) atoms. The molecule has 1 N–H and O–H groups in total. The standard InChI is InChI=1S/C24H38N4O/c1-20-7-2-3-8-21(20)17-26-15-10-22(11-16-26)25-24(29)19-27-12-6-9-23(18-27)28-13-4-5-14-28/h2-3,7-8,22-23H,4-6,9-19H2,1H3,(H,25,29). The summed E-state index contributed by atoms with van der Waals surface area (Å²) in [5.41, 5.74) is 2.80. The molecule has 5 heteroatoms. The minimum atomic E-state index is 0.226. The zero-order valence-electron chi connectivity index (χ0n) is 18.1. The van der Waals surface area contributed by atoms with Gasteiger partial charge in [0.1, 0.15) is 0 Å².